The van der Waals surface area contributed by atoms with E-state index < -0.39 is 5.63 Å². The summed E-state index contributed by atoms with van der Waals surface area (Å²) in [4.78, 5) is 23.4. The molecule has 0 spiro atoms. The molecule has 0 fully saturated rings. The molecule has 4 rings (SSSR count). The van der Waals surface area contributed by atoms with Gasteiger partial charge in [0, 0.05) is 39.1 Å². The molecular formula is C20H12BrNO4. The normalized spacial score (nSPS) is 11.4. The van der Waals surface area contributed by atoms with Gasteiger partial charge in [0.25, 0.3) is 0 Å². The quantitative estimate of drug-likeness (QED) is 0.383. The Kier molecular flexibility index (Phi) is 4.18. The number of halogens is 1. The number of furan rings is 1. The zero-order chi connectivity index (χ0) is 18.1. The van der Waals surface area contributed by atoms with E-state index in [1.54, 1.807) is 30.3 Å². The van der Waals surface area contributed by atoms with Gasteiger partial charge in [-0.15, -0.1) is 0 Å². The van der Waals surface area contributed by atoms with Crippen molar-refractivity contribution in [2.45, 2.75) is 0 Å². The van der Waals surface area contributed by atoms with Gasteiger partial charge in [-0.2, -0.15) is 0 Å². The van der Waals surface area contributed by atoms with Crippen LogP contribution in [0.4, 0.5) is 5.69 Å². The summed E-state index contributed by atoms with van der Waals surface area (Å²) < 4.78 is 11.7. The summed E-state index contributed by atoms with van der Waals surface area (Å²) in [5.74, 6) is 0.266. The largest absolute Gasteiger partial charge is 0.457 e. The molecule has 2 aromatic heterocycles. The van der Waals surface area contributed by atoms with Crippen molar-refractivity contribution in [2.24, 2.45) is 0 Å². The van der Waals surface area contributed by atoms with E-state index in [1.807, 2.05) is 24.3 Å². The van der Waals surface area contributed by atoms with Crippen molar-refractivity contribution in [3.8, 4) is 0 Å². The van der Waals surface area contributed by atoms with Gasteiger partial charge in [-0.25, -0.2) is 4.79 Å². The zero-order valence-corrected chi connectivity index (χ0v) is 14.9. The lowest BCUT2D eigenvalue weighted by atomic mass is 10.2. The van der Waals surface area contributed by atoms with Gasteiger partial charge in [-0.05, 0) is 48.5 Å². The van der Waals surface area contributed by atoms with Crippen LogP contribution in [0.5, 0.6) is 0 Å². The van der Waals surface area contributed by atoms with E-state index >= 15 is 0 Å². The number of anilines is 1. The molecule has 6 heteroatoms. The fourth-order valence-corrected chi connectivity index (χ4v) is 2.98. The molecule has 2 aromatic carbocycles. The Balaban J connectivity index is 1.52. The molecule has 0 aliphatic heterocycles. The molecule has 5 nitrogen and oxygen atoms in total. The van der Waals surface area contributed by atoms with Crippen molar-refractivity contribution in [1.29, 1.82) is 0 Å². The lowest BCUT2D eigenvalue weighted by Crippen LogP contribution is -2.07. The average Bonchev–Trinajstić information content (AvgIpc) is 3.01. The van der Waals surface area contributed by atoms with Crippen LogP contribution in [0.1, 0.15) is 5.76 Å². The smallest absolute Gasteiger partial charge is 0.336 e. The Morgan fingerprint density at radius 2 is 1.77 bits per heavy atom. The summed E-state index contributed by atoms with van der Waals surface area (Å²) in [6.07, 6.45) is 2.99. The number of amides is 1. The monoisotopic (exact) mass is 409 g/mol. The molecule has 0 radical (unpaired) electrons. The maximum atomic E-state index is 12.1. The van der Waals surface area contributed by atoms with Crippen molar-refractivity contribution < 1.29 is 13.6 Å². The summed E-state index contributed by atoms with van der Waals surface area (Å²) in [5.41, 5.74) is 1.27. The van der Waals surface area contributed by atoms with Crippen molar-refractivity contribution in [3.63, 3.8) is 0 Å². The average molecular weight is 410 g/mol. The molecule has 1 N–H and O–H groups in total. The predicted octanol–water partition coefficient (Wildman–Crippen LogP) is 4.95. The summed E-state index contributed by atoms with van der Waals surface area (Å²) >= 11 is 3.41. The third-order valence-corrected chi connectivity index (χ3v) is 4.28. The van der Waals surface area contributed by atoms with Crippen LogP contribution in [-0.2, 0) is 4.79 Å². The molecule has 0 saturated carbocycles. The van der Waals surface area contributed by atoms with Gasteiger partial charge in [0.1, 0.15) is 16.9 Å². The molecule has 0 bridgehead atoms. The molecule has 26 heavy (non-hydrogen) atoms. The van der Waals surface area contributed by atoms with E-state index in [0.717, 1.165) is 20.8 Å². The molecular weight excluding hydrogens is 398 g/mol. The number of benzene rings is 2. The van der Waals surface area contributed by atoms with Gasteiger partial charge in [0.05, 0.1) is 0 Å². The molecule has 0 aliphatic rings. The number of nitrogens with one attached hydrogen (secondary N) is 1. The standard InChI is InChI=1S/C20H12BrNO4/c21-14-3-6-17-13(9-14)10-16(25-17)5-7-19(23)22-15-4-1-12-2-8-20(24)26-18(12)11-15/h1-11H,(H,22,23)/b7-5+. The minimum absolute atomic E-state index is 0.315. The van der Waals surface area contributed by atoms with Crippen LogP contribution >= 0.6 is 15.9 Å². The first-order valence-electron chi connectivity index (χ1n) is 7.79. The third-order valence-electron chi connectivity index (χ3n) is 3.79. The Morgan fingerprint density at radius 3 is 2.65 bits per heavy atom. The summed E-state index contributed by atoms with van der Waals surface area (Å²) in [7, 11) is 0. The highest BCUT2D eigenvalue weighted by atomic mass is 79.9. The van der Waals surface area contributed by atoms with Crippen molar-refractivity contribution in [1.82, 2.24) is 0 Å². The highest BCUT2D eigenvalue weighted by Gasteiger charge is 2.04. The molecule has 0 atom stereocenters. The fraction of sp³-hybridized carbons (Fsp3) is 0. The number of rotatable bonds is 3. The summed E-state index contributed by atoms with van der Waals surface area (Å²) in [6, 6.07) is 15.7. The molecule has 0 unspecified atom stereocenters. The minimum atomic E-state index is -0.433. The number of carbonyl (C=O) groups is 1. The number of hydrogen-bond donors (Lipinski definition) is 1. The van der Waals surface area contributed by atoms with E-state index in [2.05, 4.69) is 21.2 Å². The highest BCUT2D eigenvalue weighted by molar-refractivity contribution is 9.10. The first-order valence-corrected chi connectivity index (χ1v) is 8.58. The predicted molar refractivity (Wildman–Crippen MR) is 104 cm³/mol. The van der Waals surface area contributed by atoms with Crippen LogP contribution in [-0.4, -0.2) is 5.91 Å². The van der Waals surface area contributed by atoms with E-state index in [0.29, 0.717) is 17.0 Å². The van der Waals surface area contributed by atoms with Crippen molar-refractivity contribution in [3.05, 3.63) is 81.3 Å². The second-order valence-electron chi connectivity index (χ2n) is 5.66. The van der Waals surface area contributed by atoms with Crippen LogP contribution in [0.25, 0.3) is 28.0 Å². The lowest BCUT2D eigenvalue weighted by Gasteiger charge is -2.03. The number of fused-ring (bicyclic) bond motifs is 2. The van der Waals surface area contributed by atoms with Crippen LogP contribution in [0, 0.1) is 0 Å². The second-order valence-corrected chi connectivity index (χ2v) is 6.58. The van der Waals surface area contributed by atoms with E-state index in [4.69, 9.17) is 8.83 Å². The Hall–Kier alpha value is -3.12. The van der Waals surface area contributed by atoms with Crippen LogP contribution in [0.2, 0.25) is 0 Å². The van der Waals surface area contributed by atoms with Crippen LogP contribution < -0.4 is 10.9 Å². The van der Waals surface area contributed by atoms with E-state index in [-0.39, 0.29) is 5.91 Å². The molecule has 4 aromatic rings. The molecule has 1 amide bonds. The summed E-state index contributed by atoms with van der Waals surface area (Å²) in [5, 5.41) is 4.46. The fourth-order valence-electron chi connectivity index (χ4n) is 2.60. The van der Waals surface area contributed by atoms with Crippen molar-refractivity contribution in [2.75, 3.05) is 5.32 Å². The Labute approximate surface area is 156 Å². The first kappa shape index (κ1) is 16.4. The van der Waals surface area contributed by atoms with Gasteiger partial charge < -0.3 is 14.2 Å². The molecule has 0 saturated heterocycles. The van der Waals surface area contributed by atoms with Gasteiger partial charge in [-0.3, -0.25) is 4.79 Å². The summed E-state index contributed by atoms with van der Waals surface area (Å²) in [6.45, 7) is 0. The minimum Gasteiger partial charge on any atom is -0.457 e. The van der Waals surface area contributed by atoms with Crippen LogP contribution in [0.15, 0.2) is 78.8 Å². The lowest BCUT2D eigenvalue weighted by molar-refractivity contribution is -0.111. The van der Waals surface area contributed by atoms with Crippen LogP contribution in [0.3, 0.4) is 0 Å². The topological polar surface area (TPSA) is 72.5 Å². The van der Waals surface area contributed by atoms with Crippen molar-refractivity contribution >= 4 is 55.5 Å². The van der Waals surface area contributed by atoms with Gasteiger partial charge >= 0.3 is 5.63 Å². The van der Waals surface area contributed by atoms with Gasteiger partial charge in [-0.1, -0.05) is 15.9 Å². The zero-order valence-electron chi connectivity index (χ0n) is 13.4. The second kappa shape index (κ2) is 6.65. The first-order chi connectivity index (χ1) is 12.6. The van der Waals surface area contributed by atoms with E-state index in [1.165, 1.54) is 12.1 Å². The maximum absolute atomic E-state index is 12.1. The maximum Gasteiger partial charge on any atom is 0.336 e. The molecule has 2 heterocycles. The number of carbonyl (C=O) groups excluding carboxylic acids is 1. The SMILES string of the molecule is O=C(/C=C/c1cc2cc(Br)ccc2o1)Nc1ccc2ccc(=O)oc2c1. The molecule has 128 valence electrons. The Morgan fingerprint density at radius 1 is 0.923 bits per heavy atom. The molecule has 0 aliphatic carbocycles. The number of hydrogen-bond acceptors (Lipinski definition) is 4. The van der Waals surface area contributed by atoms with Gasteiger partial charge in [0.2, 0.25) is 5.91 Å². The van der Waals surface area contributed by atoms with E-state index in [9.17, 15) is 9.59 Å². The highest BCUT2D eigenvalue weighted by Crippen LogP contribution is 2.24. The van der Waals surface area contributed by atoms with Gasteiger partial charge in [0.15, 0.2) is 0 Å². The third kappa shape index (κ3) is 3.45. The Bertz CT molecular complexity index is 1220.